The van der Waals surface area contributed by atoms with Gasteiger partial charge in [-0.25, -0.2) is 4.79 Å². The van der Waals surface area contributed by atoms with Crippen LogP contribution in [-0.2, 0) is 11.2 Å². The average Bonchev–Trinajstić information content (AvgIpc) is 3.28. The minimum Gasteiger partial charge on any atom is -0.493 e. The van der Waals surface area contributed by atoms with Crippen molar-refractivity contribution in [2.45, 2.75) is 45.6 Å². The molecule has 0 radical (unpaired) electrons. The number of hydrogen-bond acceptors (Lipinski definition) is 5. The van der Waals surface area contributed by atoms with E-state index in [0.29, 0.717) is 35.6 Å². The van der Waals surface area contributed by atoms with Gasteiger partial charge in [0.1, 0.15) is 5.58 Å². The third-order valence-corrected chi connectivity index (χ3v) is 6.40. The minimum atomic E-state index is -0.355. The summed E-state index contributed by atoms with van der Waals surface area (Å²) in [6, 6.07) is 11.7. The van der Waals surface area contributed by atoms with Crippen molar-refractivity contribution in [2.75, 3.05) is 20.8 Å². The first-order valence-corrected chi connectivity index (χ1v) is 11.0. The number of carbonyl (C=O) groups excluding carboxylic acids is 1. The number of nitrogens with zero attached hydrogens (tertiary/aromatic N) is 1. The van der Waals surface area contributed by atoms with Crippen LogP contribution in [0.2, 0.25) is 0 Å². The second-order valence-corrected chi connectivity index (χ2v) is 8.35. The van der Waals surface area contributed by atoms with Crippen molar-refractivity contribution in [1.82, 2.24) is 4.90 Å². The molecular formula is C26H29NO5. The summed E-state index contributed by atoms with van der Waals surface area (Å²) < 4.78 is 16.3. The lowest BCUT2D eigenvalue weighted by Crippen LogP contribution is -2.31. The summed E-state index contributed by atoms with van der Waals surface area (Å²) in [5.41, 5.74) is 3.78. The van der Waals surface area contributed by atoms with Crippen molar-refractivity contribution >= 4 is 16.9 Å². The van der Waals surface area contributed by atoms with Gasteiger partial charge in [0, 0.05) is 23.9 Å². The topological polar surface area (TPSA) is 69.0 Å². The summed E-state index contributed by atoms with van der Waals surface area (Å²) in [7, 11) is 3.22. The summed E-state index contributed by atoms with van der Waals surface area (Å²) >= 11 is 0. The quantitative estimate of drug-likeness (QED) is 0.524. The molecule has 0 spiro atoms. The molecule has 1 atom stereocenters. The van der Waals surface area contributed by atoms with E-state index in [2.05, 4.69) is 0 Å². The summed E-state index contributed by atoms with van der Waals surface area (Å²) in [5, 5.41) is 0.919. The van der Waals surface area contributed by atoms with E-state index in [1.54, 1.807) is 14.2 Å². The van der Waals surface area contributed by atoms with E-state index in [0.717, 1.165) is 34.9 Å². The van der Waals surface area contributed by atoms with Gasteiger partial charge in [-0.15, -0.1) is 0 Å². The lowest BCUT2D eigenvalue weighted by molar-refractivity contribution is -0.132. The molecule has 2 aromatic carbocycles. The molecule has 6 nitrogen and oxygen atoms in total. The predicted molar refractivity (Wildman–Crippen MR) is 124 cm³/mol. The summed E-state index contributed by atoms with van der Waals surface area (Å²) in [5.74, 6) is 1.37. The maximum absolute atomic E-state index is 13.1. The molecule has 1 aromatic heterocycles. The zero-order valence-electron chi connectivity index (χ0n) is 19.1. The van der Waals surface area contributed by atoms with Gasteiger partial charge in [0.2, 0.25) is 5.91 Å². The Morgan fingerprint density at radius 3 is 2.62 bits per heavy atom. The third kappa shape index (κ3) is 4.09. The highest BCUT2D eigenvalue weighted by molar-refractivity contribution is 5.82. The molecule has 1 aliphatic heterocycles. The van der Waals surface area contributed by atoms with E-state index in [9.17, 15) is 9.59 Å². The van der Waals surface area contributed by atoms with E-state index in [1.165, 1.54) is 0 Å². The fourth-order valence-electron chi connectivity index (χ4n) is 4.64. The van der Waals surface area contributed by atoms with Gasteiger partial charge in [-0.1, -0.05) is 18.2 Å². The Morgan fingerprint density at radius 2 is 1.88 bits per heavy atom. The van der Waals surface area contributed by atoms with Crippen molar-refractivity contribution < 1.29 is 18.7 Å². The van der Waals surface area contributed by atoms with Crippen molar-refractivity contribution in [1.29, 1.82) is 0 Å². The Kier molecular flexibility index (Phi) is 6.21. The monoisotopic (exact) mass is 435 g/mol. The molecule has 1 fully saturated rings. The van der Waals surface area contributed by atoms with Gasteiger partial charge in [0.15, 0.2) is 11.5 Å². The molecule has 0 aliphatic carbocycles. The van der Waals surface area contributed by atoms with Crippen LogP contribution in [0, 0.1) is 13.8 Å². The number of rotatable bonds is 6. The van der Waals surface area contributed by atoms with Crippen molar-refractivity contribution in [2.24, 2.45) is 0 Å². The third-order valence-electron chi connectivity index (χ3n) is 6.40. The first kappa shape index (κ1) is 21.9. The molecular weight excluding hydrogens is 406 g/mol. The highest BCUT2D eigenvalue weighted by Gasteiger charge is 2.30. The van der Waals surface area contributed by atoms with Crippen LogP contribution in [0.1, 0.15) is 47.6 Å². The summed E-state index contributed by atoms with van der Waals surface area (Å²) in [6.07, 6.45) is 2.48. The number of amides is 1. The Labute approximate surface area is 187 Å². The van der Waals surface area contributed by atoms with Crippen LogP contribution in [0.4, 0.5) is 0 Å². The van der Waals surface area contributed by atoms with Crippen LogP contribution in [0.15, 0.2) is 45.6 Å². The van der Waals surface area contributed by atoms with Crippen molar-refractivity contribution in [3.8, 4) is 11.5 Å². The fourth-order valence-corrected chi connectivity index (χ4v) is 4.64. The van der Waals surface area contributed by atoms with Gasteiger partial charge in [-0.05, 0) is 68.0 Å². The molecule has 4 rings (SSSR count). The Bertz CT molecular complexity index is 1210. The van der Waals surface area contributed by atoms with Gasteiger partial charge in [0.25, 0.3) is 0 Å². The fraction of sp³-hybridized carbons (Fsp3) is 0.385. The van der Waals surface area contributed by atoms with E-state index in [-0.39, 0.29) is 24.0 Å². The highest BCUT2D eigenvalue weighted by Crippen LogP contribution is 2.37. The van der Waals surface area contributed by atoms with Gasteiger partial charge in [-0.3, -0.25) is 4.79 Å². The standard InChI is InChI=1S/C26H29NO5/c1-16-7-9-19-17(2)20(26(29)32-23(19)14-16)10-12-25(28)27-13-5-6-21(27)18-8-11-22(30-3)24(15-18)31-4/h7-9,11,14-15,21H,5-6,10,12-13H2,1-4H3. The lowest BCUT2D eigenvalue weighted by atomic mass is 10.0. The minimum absolute atomic E-state index is 0.000564. The second kappa shape index (κ2) is 9.07. The van der Waals surface area contributed by atoms with Crippen LogP contribution >= 0.6 is 0 Å². The first-order valence-electron chi connectivity index (χ1n) is 11.0. The molecule has 1 unspecified atom stereocenters. The number of aryl methyl sites for hydroxylation is 2. The first-order chi connectivity index (χ1) is 15.4. The predicted octanol–water partition coefficient (Wildman–Crippen LogP) is 4.72. The zero-order valence-corrected chi connectivity index (χ0v) is 19.1. The number of benzene rings is 2. The number of fused-ring (bicyclic) bond motifs is 1. The molecule has 3 aromatic rings. The van der Waals surface area contributed by atoms with E-state index in [4.69, 9.17) is 13.9 Å². The van der Waals surface area contributed by atoms with Crippen LogP contribution in [0.3, 0.4) is 0 Å². The molecule has 32 heavy (non-hydrogen) atoms. The van der Waals surface area contributed by atoms with Crippen LogP contribution in [-0.4, -0.2) is 31.6 Å². The van der Waals surface area contributed by atoms with Gasteiger partial charge in [0.05, 0.1) is 20.3 Å². The van der Waals surface area contributed by atoms with Crippen LogP contribution < -0.4 is 15.1 Å². The Hall–Kier alpha value is -3.28. The molecule has 2 heterocycles. The molecule has 1 saturated heterocycles. The van der Waals surface area contributed by atoms with Crippen LogP contribution in [0.25, 0.3) is 11.0 Å². The van der Waals surface area contributed by atoms with Gasteiger partial charge < -0.3 is 18.8 Å². The van der Waals surface area contributed by atoms with Gasteiger partial charge in [-0.2, -0.15) is 0 Å². The van der Waals surface area contributed by atoms with Gasteiger partial charge >= 0.3 is 5.63 Å². The van der Waals surface area contributed by atoms with E-state index < -0.39 is 0 Å². The molecule has 6 heteroatoms. The van der Waals surface area contributed by atoms with Crippen molar-refractivity contribution in [3.63, 3.8) is 0 Å². The molecule has 1 aliphatic rings. The maximum atomic E-state index is 13.1. The number of likely N-dealkylation sites (tertiary alicyclic amines) is 1. The molecule has 1 amide bonds. The summed E-state index contributed by atoms with van der Waals surface area (Å²) in [6.45, 7) is 4.60. The zero-order chi connectivity index (χ0) is 22.8. The maximum Gasteiger partial charge on any atom is 0.339 e. The number of ether oxygens (including phenoxy) is 2. The average molecular weight is 436 g/mol. The van der Waals surface area contributed by atoms with E-state index >= 15 is 0 Å². The number of carbonyl (C=O) groups is 1. The second-order valence-electron chi connectivity index (χ2n) is 8.35. The number of hydrogen-bond donors (Lipinski definition) is 0. The lowest BCUT2D eigenvalue weighted by Gasteiger charge is -2.26. The van der Waals surface area contributed by atoms with E-state index in [1.807, 2.05) is 55.1 Å². The molecule has 0 saturated carbocycles. The van der Waals surface area contributed by atoms with Crippen LogP contribution in [0.5, 0.6) is 11.5 Å². The Balaban J connectivity index is 1.53. The molecule has 0 N–H and O–H groups in total. The largest absolute Gasteiger partial charge is 0.493 e. The number of methoxy groups -OCH3 is 2. The Morgan fingerprint density at radius 1 is 1.09 bits per heavy atom. The van der Waals surface area contributed by atoms with Crippen molar-refractivity contribution in [3.05, 3.63) is 69.1 Å². The summed E-state index contributed by atoms with van der Waals surface area (Å²) in [4.78, 5) is 27.7. The highest BCUT2D eigenvalue weighted by atomic mass is 16.5. The molecule has 0 bridgehead atoms. The normalized spacial score (nSPS) is 15.9. The smallest absolute Gasteiger partial charge is 0.339 e. The SMILES string of the molecule is COc1ccc(C2CCCN2C(=O)CCc2c(C)c3ccc(C)cc3oc2=O)cc1OC. The molecule has 168 valence electrons.